The number of thiophene rings is 1. The maximum Gasteiger partial charge on any atom is 0.335 e. The fourth-order valence-electron chi connectivity index (χ4n) is 2.70. The largest absolute Gasteiger partial charge is 0.478 e. The third-order valence-corrected chi connectivity index (χ3v) is 5.30. The van der Waals surface area contributed by atoms with Gasteiger partial charge in [0.25, 0.3) is 0 Å². The van der Waals surface area contributed by atoms with Crippen LogP contribution in [0.1, 0.15) is 34.6 Å². The number of carboxylic acids is 1. The Bertz CT molecular complexity index is 713. The summed E-state index contributed by atoms with van der Waals surface area (Å²) >= 11 is 1.64. The van der Waals surface area contributed by atoms with Gasteiger partial charge < -0.3 is 20.2 Å². The number of urea groups is 1. The minimum Gasteiger partial charge on any atom is -0.478 e. The molecule has 0 fully saturated rings. The molecule has 0 saturated carbocycles. The Morgan fingerprint density at radius 3 is 2.33 bits per heavy atom. The predicted octanol–water partition coefficient (Wildman–Crippen LogP) is 3.50. The molecule has 0 aliphatic carbocycles. The number of carbonyl (C=O) groups excluding carboxylic acids is 1. The molecule has 0 aliphatic heterocycles. The summed E-state index contributed by atoms with van der Waals surface area (Å²) in [7, 11) is 0. The number of benzene rings is 1. The summed E-state index contributed by atoms with van der Waals surface area (Å²) in [5.74, 6) is -0.955. The molecule has 0 bridgehead atoms. The van der Waals surface area contributed by atoms with Gasteiger partial charge in [-0.2, -0.15) is 0 Å². The van der Waals surface area contributed by atoms with E-state index in [-0.39, 0.29) is 11.6 Å². The number of nitrogens with one attached hydrogen (secondary N) is 1. The lowest BCUT2D eigenvalue weighted by Crippen LogP contribution is -2.43. The van der Waals surface area contributed by atoms with Crippen molar-refractivity contribution in [2.45, 2.75) is 26.9 Å². The molecule has 0 spiro atoms. The number of hydrogen-bond donors (Lipinski definition) is 2. The maximum absolute atomic E-state index is 12.7. The van der Waals surface area contributed by atoms with Crippen LogP contribution in [0.2, 0.25) is 0 Å². The van der Waals surface area contributed by atoms with Crippen molar-refractivity contribution < 1.29 is 14.7 Å². The van der Waals surface area contributed by atoms with Crippen LogP contribution >= 0.6 is 11.3 Å². The van der Waals surface area contributed by atoms with Crippen LogP contribution in [0, 0.1) is 0 Å². The first-order valence-corrected chi connectivity index (χ1v) is 10.0. The lowest BCUT2D eigenvalue weighted by Gasteiger charge is -2.26. The third kappa shape index (κ3) is 6.69. The Hall–Kier alpha value is -2.38. The van der Waals surface area contributed by atoms with E-state index in [4.69, 9.17) is 5.11 Å². The summed E-state index contributed by atoms with van der Waals surface area (Å²) in [6.45, 7) is 8.60. The molecule has 6 nitrogen and oxygen atoms in total. The highest BCUT2D eigenvalue weighted by Crippen LogP contribution is 2.12. The first-order chi connectivity index (χ1) is 13.0. The molecular formula is C20H27N3O3S. The first-order valence-electron chi connectivity index (χ1n) is 9.13. The molecule has 7 heteroatoms. The monoisotopic (exact) mass is 389 g/mol. The standard InChI is InChI=1S/C20H27N3O3S/c1-3-22(4-2)11-12-23(15-18-6-5-13-27-18)20(26)21-14-16-7-9-17(10-8-16)19(24)25/h5-10,13H,3-4,11-12,14-15H2,1-2H3,(H,21,26)(H,24,25). The summed E-state index contributed by atoms with van der Waals surface area (Å²) in [4.78, 5) is 28.9. The molecule has 146 valence electrons. The van der Waals surface area contributed by atoms with Gasteiger partial charge in [-0.25, -0.2) is 9.59 Å². The van der Waals surface area contributed by atoms with Crippen LogP contribution in [0.15, 0.2) is 41.8 Å². The van der Waals surface area contributed by atoms with Crippen LogP contribution in [0.4, 0.5) is 4.79 Å². The zero-order valence-corrected chi connectivity index (χ0v) is 16.7. The number of carboxylic acid groups (broad SMARTS) is 1. The lowest BCUT2D eigenvalue weighted by molar-refractivity contribution is 0.0697. The smallest absolute Gasteiger partial charge is 0.335 e. The summed E-state index contributed by atoms with van der Waals surface area (Å²) in [6.07, 6.45) is 0. The van der Waals surface area contributed by atoms with Crippen LogP contribution in [-0.2, 0) is 13.1 Å². The molecule has 2 N–H and O–H groups in total. The molecule has 27 heavy (non-hydrogen) atoms. The summed E-state index contributed by atoms with van der Waals surface area (Å²) < 4.78 is 0. The van der Waals surface area contributed by atoms with Gasteiger partial charge in [0.1, 0.15) is 0 Å². The minimum absolute atomic E-state index is 0.113. The fourth-order valence-corrected chi connectivity index (χ4v) is 3.42. The Morgan fingerprint density at radius 1 is 1.07 bits per heavy atom. The predicted molar refractivity (Wildman–Crippen MR) is 108 cm³/mol. The van der Waals surface area contributed by atoms with Gasteiger partial charge in [-0.05, 0) is 42.2 Å². The van der Waals surface area contributed by atoms with E-state index in [0.717, 1.165) is 30.1 Å². The van der Waals surface area contributed by atoms with Gasteiger partial charge in [0.05, 0.1) is 12.1 Å². The quantitative estimate of drug-likeness (QED) is 0.652. The van der Waals surface area contributed by atoms with Crippen LogP contribution in [-0.4, -0.2) is 53.1 Å². The van der Waals surface area contributed by atoms with Crippen LogP contribution in [0.3, 0.4) is 0 Å². The van der Waals surface area contributed by atoms with Crippen molar-refractivity contribution in [3.8, 4) is 0 Å². The average Bonchev–Trinajstić information content (AvgIpc) is 3.19. The molecule has 0 atom stereocenters. The normalized spacial score (nSPS) is 10.8. The topological polar surface area (TPSA) is 72.9 Å². The highest BCUT2D eigenvalue weighted by Gasteiger charge is 2.15. The third-order valence-electron chi connectivity index (χ3n) is 4.44. The average molecular weight is 390 g/mol. The van der Waals surface area contributed by atoms with E-state index in [9.17, 15) is 9.59 Å². The van der Waals surface area contributed by atoms with E-state index in [1.165, 1.54) is 0 Å². The van der Waals surface area contributed by atoms with E-state index in [1.807, 2.05) is 22.4 Å². The second-order valence-electron chi connectivity index (χ2n) is 6.19. The number of aromatic carboxylic acids is 1. The molecule has 0 unspecified atom stereocenters. The number of likely N-dealkylation sites (N-methyl/N-ethyl adjacent to an activating group) is 1. The van der Waals surface area contributed by atoms with Crippen molar-refractivity contribution in [2.24, 2.45) is 0 Å². The van der Waals surface area contributed by atoms with E-state index < -0.39 is 5.97 Å². The number of nitrogens with zero attached hydrogens (tertiary/aromatic N) is 2. The molecule has 0 radical (unpaired) electrons. The molecule has 2 amide bonds. The van der Waals surface area contributed by atoms with E-state index in [2.05, 4.69) is 24.1 Å². The second-order valence-corrected chi connectivity index (χ2v) is 7.22. The van der Waals surface area contributed by atoms with E-state index >= 15 is 0 Å². The highest BCUT2D eigenvalue weighted by atomic mass is 32.1. The van der Waals surface area contributed by atoms with Gasteiger partial charge in [-0.3, -0.25) is 0 Å². The SMILES string of the molecule is CCN(CC)CCN(Cc1cccs1)C(=O)NCc1ccc(C(=O)O)cc1. The van der Waals surface area contributed by atoms with E-state index in [0.29, 0.717) is 19.6 Å². The summed E-state index contributed by atoms with van der Waals surface area (Å²) in [5.41, 5.74) is 1.11. The van der Waals surface area contributed by atoms with Crippen LogP contribution in [0.25, 0.3) is 0 Å². The Kier molecular flexibility index (Phi) is 8.29. The summed E-state index contributed by atoms with van der Waals surface area (Å²) in [5, 5.41) is 13.9. The second kappa shape index (κ2) is 10.7. The molecule has 2 rings (SSSR count). The van der Waals surface area contributed by atoms with Crippen LogP contribution < -0.4 is 5.32 Å². The maximum atomic E-state index is 12.7. The van der Waals surface area contributed by atoms with Crippen molar-refractivity contribution in [3.05, 3.63) is 57.8 Å². The van der Waals surface area contributed by atoms with Crippen molar-refractivity contribution in [2.75, 3.05) is 26.2 Å². The van der Waals surface area contributed by atoms with Gasteiger partial charge in [0.2, 0.25) is 0 Å². The fraction of sp³-hybridized carbons (Fsp3) is 0.400. The number of carbonyl (C=O) groups is 2. The highest BCUT2D eigenvalue weighted by molar-refractivity contribution is 7.09. The van der Waals surface area contributed by atoms with Gasteiger partial charge >= 0.3 is 12.0 Å². The Labute approximate surface area is 164 Å². The number of rotatable bonds is 10. The van der Waals surface area contributed by atoms with E-state index in [1.54, 1.807) is 35.6 Å². The lowest BCUT2D eigenvalue weighted by atomic mass is 10.1. The molecule has 1 aromatic carbocycles. The van der Waals surface area contributed by atoms with Crippen molar-refractivity contribution >= 4 is 23.3 Å². The van der Waals surface area contributed by atoms with Gasteiger partial charge in [0, 0.05) is 24.5 Å². The van der Waals surface area contributed by atoms with Crippen molar-refractivity contribution in [3.63, 3.8) is 0 Å². The summed E-state index contributed by atoms with van der Waals surface area (Å²) in [6, 6.07) is 10.5. The first kappa shape index (κ1) is 20.9. The number of hydrogen-bond acceptors (Lipinski definition) is 4. The molecule has 1 heterocycles. The molecule has 2 aromatic rings. The zero-order valence-electron chi connectivity index (χ0n) is 15.9. The molecular weight excluding hydrogens is 362 g/mol. The molecule has 0 saturated heterocycles. The molecule has 1 aromatic heterocycles. The minimum atomic E-state index is -0.955. The number of amides is 2. The zero-order chi connectivity index (χ0) is 19.6. The Morgan fingerprint density at radius 2 is 1.78 bits per heavy atom. The van der Waals surface area contributed by atoms with Gasteiger partial charge in [0.15, 0.2) is 0 Å². The van der Waals surface area contributed by atoms with Gasteiger partial charge in [-0.15, -0.1) is 11.3 Å². The molecule has 0 aliphatic rings. The van der Waals surface area contributed by atoms with Gasteiger partial charge in [-0.1, -0.05) is 32.0 Å². The van der Waals surface area contributed by atoms with Crippen molar-refractivity contribution in [1.82, 2.24) is 15.1 Å². The van der Waals surface area contributed by atoms with Crippen molar-refractivity contribution in [1.29, 1.82) is 0 Å². The Balaban J connectivity index is 1.95. The van der Waals surface area contributed by atoms with Crippen LogP contribution in [0.5, 0.6) is 0 Å².